The summed E-state index contributed by atoms with van der Waals surface area (Å²) in [5.41, 5.74) is 1.96. The van der Waals surface area contributed by atoms with E-state index in [0.717, 1.165) is 29.7 Å². The Bertz CT molecular complexity index is 468. The molecule has 0 spiro atoms. The van der Waals surface area contributed by atoms with Gasteiger partial charge in [0.25, 0.3) is 0 Å². The number of carboxylic acid groups (broad SMARTS) is 1. The minimum Gasteiger partial charge on any atom is -0.494 e. The molecule has 0 saturated heterocycles. The highest BCUT2D eigenvalue weighted by Crippen LogP contribution is 2.35. The average molecular weight is 274 g/mol. The van der Waals surface area contributed by atoms with E-state index in [9.17, 15) is 4.79 Å². The van der Waals surface area contributed by atoms with E-state index in [-0.39, 0.29) is 0 Å². The lowest BCUT2D eigenvalue weighted by molar-refractivity contribution is -0.131. The number of rotatable bonds is 5. The van der Waals surface area contributed by atoms with Gasteiger partial charge in [-0.2, -0.15) is 0 Å². The maximum atomic E-state index is 11.1. The molecule has 0 heterocycles. The molecule has 0 aliphatic heterocycles. The zero-order valence-corrected chi connectivity index (χ0v) is 12.0. The van der Waals surface area contributed by atoms with Gasteiger partial charge >= 0.3 is 5.97 Å². The highest BCUT2D eigenvalue weighted by atomic mass is 16.5. The lowest BCUT2D eigenvalue weighted by Gasteiger charge is -2.24. The second-order valence-corrected chi connectivity index (χ2v) is 5.23. The van der Waals surface area contributed by atoms with Gasteiger partial charge in [-0.05, 0) is 49.0 Å². The summed E-state index contributed by atoms with van der Waals surface area (Å²) in [7, 11) is 0. The highest BCUT2D eigenvalue weighted by Gasteiger charge is 2.20. The van der Waals surface area contributed by atoms with E-state index in [1.54, 1.807) is 0 Å². The van der Waals surface area contributed by atoms with E-state index in [1.807, 2.05) is 31.2 Å². The minimum atomic E-state index is -0.862. The van der Waals surface area contributed by atoms with Gasteiger partial charge in [0.1, 0.15) is 5.75 Å². The SMILES string of the molecule is CCOc1ccc(/C(=C/C(=O)O)C2CCCCC2)cc1. The fourth-order valence-corrected chi connectivity index (χ4v) is 2.89. The summed E-state index contributed by atoms with van der Waals surface area (Å²) < 4.78 is 5.43. The normalized spacial score (nSPS) is 16.9. The number of carboxylic acids is 1. The summed E-state index contributed by atoms with van der Waals surface area (Å²) in [4.78, 5) is 11.1. The van der Waals surface area contributed by atoms with Crippen molar-refractivity contribution in [3.05, 3.63) is 35.9 Å². The monoisotopic (exact) mass is 274 g/mol. The molecule has 0 radical (unpaired) electrons. The van der Waals surface area contributed by atoms with Gasteiger partial charge in [0.05, 0.1) is 6.61 Å². The third-order valence-corrected chi connectivity index (χ3v) is 3.82. The van der Waals surface area contributed by atoms with E-state index in [1.165, 1.54) is 25.3 Å². The van der Waals surface area contributed by atoms with Crippen LogP contribution in [0.5, 0.6) is 5.75 Å². The van der Waals surface area contributed by atoms with Crippen LogP contribution in [0.3, 0.4) is 0 Å². The number of ether oxygens (including phenoxy) is 1. The molecule has 1 fully saturated rings. The number of benzene rings is 1. The largest absolute Gasteiger partial charge is 0.494 e. The van der Waals surface area contributed by atoms with Crippen molar-refractivity contribution in [3.63, 3.8) is 0 Å². The van der Waals surface area contributed by atoms with E-state index in [0.29, 0.717) is 12.5 Å². The van der Waals surface area contributed by atoms with Crippen molar-refractivity contribution in [2.45, 2.75) is 39.0 Å². The number of hydrogen-bond donors (Lipinski definition) is 1. The number of aliphatic carboxylic acids is 1. The molecule has 108 valence electrons. The second-order valence-electron chi connectivity index (χ2n) is 5.23. The van der Waals surface area contributed by atoms with Crippen molar-refractivity contribution in [3.8, 4) is 5.75 Å². The summed E-state index contributed by atoms with van der Waals surface area (Å²) in [5, 5.41) is 9.11. The first kappa shape index (κ1) is 14.6. The van der Waals surface area contributed by atoms with Crippen LogP contribution in [-0.4, -0.2) is 17.7 Å². The van der Waals surface area contributed by atoms with E-state index in [2.05, 4.69) is 0 Å². The van der Waals surface area contributed by atoms with E-state index >= 15 is 0 Å². The number of carbonyl (C=O) groups is 1. The second kappa shape index (κ2) is 7.13. The lowest BCUT2D eigenvalue weighted by Crippen LogP contribution is -2.10. The van der Waals surface area contributed by atoms with Crippen LogP contribution in [0.2, 0.25) is 0 Å². The Morgan fingerprint density at radius 3 is 2.45 bits per heavy atom. The molecule has 3 nitrogen and oxygen atoms in total. The van der Waals surface area contributed by atoms with E-state index < -0.39 is 5.97 Å². The molecule has 3 heteroatoms. The highest BCUT2D eigenvalue weighted by molar-refractivity contribution is 5.90. The Kier molecular flexibility index (Phi) is 5.22. The Morgan fingerprint density at radius 2 is 1.90 bits per heavy atom. The van der Waals surface area contributed by atoms with Gasteiger partial charge < -0.3 is 9.84 Å². The van der Waals surface area contributed by atoms with Crippen LogP contribution >= 0.6 is 0 Å². The maximum absolute atomic E-state index is 11.1. The van der Waals surface area contributed by atoms with Crippen molar-refractivity contribution < 1.29 is 14.6 Å². The third-order valence-electron chi connectivity index (χ3n) is 3.82. The molecule has 0 atom stereocenters. The molecule has 1 N–H and O–H groups in total. The standard InChI is InChI=1S/C17H22O3/c1-2-20-15-10-8-14(9-11-15)16(12-17(18)19)13-6-4-3-5-7-13/h8-13H,2-7H2,1H3,(H,18,19)/b16-12+. The van der Waals surface area contributed by atoms with Crippen molar-refractivity contribution >= 4 is 11.5 Å². The van der Waals surface area contributed by atoms with Crippen molar-refractivity contribution in [1.29, 1.82) is 0 Å². The van der Waals surface area contributed by atoms with Gasteiger partial charge in [0.15, 0.2) is 0 Å². The molecule has 1 aliphatic carbocycles. The molecule has 0 unspecified atom stereocenters. The zero-order valence-electron chi connectivity index (χ0n) is 12.0. The summed E-state index contributed by atoms with van der Waals surface area (Å²) in [6, 6.07) is 7.76. The quantitative estimate of drug-likeness (QED) is 0.821. The molecule has 1 aromatic rings. The summed E-state index contributed by atoms with van der Waals surface area (Å²) in [6.07, 6.45) is 7.21. The summed E-state index contributed by atoms with van der Waals surface area (Å²) in [5.74, 6) is 0.340. The Balaban J connectivity index is 2.23. The van der Waals surface area contributed by atoms with Gasteiger partial charge in [0.2, 0.25) is 0 Å². The van der Waals surface area contributed by atoms with Gasteiger partial charge in [-0.3, -0.25) is 0 Å². The van der Waals surface area contributed by atoms with Gasteiger partial charge in [0, 0.05) is 6.08 Å². The first-order valence-corrected chi connectivity index (χ1v) is 7.38. The fourth-order valence-electron chi connectivity index (χ4n) is 2.89. The van der Waals surface area contributed by atoms with E-state index in [4.69, 9.17) is 9.84 Å². The number of hydrogen-bond acceptors (Lipinski definition) is 2. The molecule has 0 aromatic heterocycles. The molecule has 0 amide bonds. The predicted molar refractivity (Wildman–Crippen MR) is 79.8 cm³/mol. The summed E-state index contributed by atoms with van der Waals surface area (Å²) >= 11 is 0. The van der Waals surface area contributed by atoms with Crippen LogP contribution in [0.25, 0.3) is 5.57 Å². The summed E-state index contributed by atoms with van der Waals surface area (Å²) in [6.45, 7) is 2.59. The maximum Gasteiger partial charge on any atom is 0.328 e. The van der Waals surface area contributed by atoms with Gasteiger partial charge in [-0.25, -0.2) is 4.79 Å². The van der Waals surface area contributed by atoms with Gasteiger partial charge in [-0.1, -0.05) is 31.4 Å². The number of allylic oxidation sites excluding steroid dienone is 1. The Labute approximate surface area is 120 Å². The average Bonchev–Trinajstić information content (AvgIpc) is 2.47. The zero-order chi connectivity index (χ0) is 14.4. The molecule has 1 saturated carbocycles. The van der Waals surface area contributed by atoms with Crippen LogP contribution in [0.15, 0.2) is 30.3 Å². The lowest BCUT2D eigenvalue weighted by atomic mass is 9.81. The molecule has 1 aliphatic rings. The van der Waals surface area contributed by atoms with Crippen LogP contribution in [0.4, 0.5) is 0 Å². The molecule has 20 heavy (non-hydrogen) atoms. The van der Waals surface area contributed by atoms with Crippen LogP contribution in [-0.2, 0) is 4.79 Å². The molecular formula is C17H22O3. The molecule has 1 aromatic carbocycles. The van der Waals surface area contributed by atoms with Gasteiger partial charge in [-0.15, -0.1) is 0 Å². The third kappa shape index (κ3) is 3.86. The molecular weight excluding hydrogens is 252 g/mol. The topological polar surface area (TPSA) is 46.5 Å². The smallest absolute Gasteiger partial charge is 0.328 e. The van der Waals surface area contributed by atoms with Crippen molar-refractivity contribution in [2.24, 2.45) is 5.92 Å². The Morgan fingerprint density at radius 1 is 1.25 bits per heavy atom. The predicted octanol–water partition coefficient (Wildman–Crippen LogP) is 4.13. The minimum absolute atomic E-state index is 0.373. The van der Waals surface area contributed by atoms with Crippen LogP contribution in [0, 0.1) is 5.92 Å². The first-order chi connectivity index (χ1) is 9.70. The first-order valence-electron chi connectivity index (χ1n) is 7.38. The van der Waals surface area contributed by atoms with Crippen molar-refractivity contribution in [1.82, 2.24) is 0 Å². The van der Waals surface area contributed by atoms with Crippen LogP contribution < -0.4 is 4.74 Å². The molecule has 0 bridgehead atoms. The molecule has 2 rings (SSSR count). The fraction of sp³-hybridized carbons (Fsp3) is 0.471. The van der Waals surface area contributed by atoms with Crippen LogP contribution in [0.1, 0.15) is 44.6 Å². The Hall–Kier alpha value is -1.77. The van der Waals surface area contributed by atoms with Crippen molar-refractivity contribution in [2.75, 3.05) is 6.61 Å².